The lowest BCUT2D eigenvalue weighted by Gasteiger charge is -2.04. The van der Waals surface area contributed by atoms with E-state index in [4.69, 9.17) is 5.73 Å². The maximum atomic E-state index is 11.7. The minimum absolute atomic E-state index is 0.153. The zero-order chi connectivity index (χ0) is 13.1. The highest BCUT2D eigenvalue weighted by Crippen LogP contribution is 2.15. The summed E-state index contributed by atoms with van der Waals surface area (Å²) in [7, 11) is 0. The highest BCUT2D eigenvalue weighted by atomic mass is 16.2. The van der Waals surface area contributed by atoms with E-state index in [1.165, 1.54) is 17.0 Å². The predicted molar refractivity (Wildman–Crippen MR) is 67.9 cm³/mol. The minimum atomic E-state index is -0.568. The molecular weight excluding hydrogens is 230 g/mol. The third-order valence-corrected chi connectivity index (χ3v) is 2.55. The van der Waals surface area contributed by atoms with Gasteiger partial charge in [-0.25, -0.2) is 4.98 Å². The molecule has 92 valence electrons. The van der Waals surface area contributed by atoms with Gasteiger partial charge >= 0.3 is 0 Å². The average Bonchev–Trinajstić information content (AvgIpc) is 2.32. The van der Waals surface area contributed by atoms with Crippen LogP contribution in [0, 0.1) is 6.92 Å². The molecule has 2 N–H and O–H groups in total. The van der Waals surface area contributed by atoms with E-state index in [2.05, 4.69) is 4.98 Å². The second kappa shape index (κ2) is 4.83. The third-order valence-electron chi connectivity index (χ3n) is 2.55. The predicted octanol–water partition coefficient (Wildman–Crippen LogP) is 0.704. The van der Waals surface area contributed by atoms with Crippen LogP contribution >= 0.6 is 0 Å². The van der Waals surface area contributed by atoms with Gasteiger partial charge < -0.3 is 5.73 Å². The largest absolute Gasteiger partial charge is 0.368 e. The molecular formula is C13H13N3O2. The number of aryl methyl sites for hydroxylation is 1. The first-order valence-corrected chi connectivity index (χ1v) is 5.48. The van der Waals surface area contributed by atoms with E-state index in [9.17, 15) is 9.59 Å². The molecule has 2 aromatic rings. The number of hydrogen-bond acceptors (Lipinski definition) is 3. The van der Waals surface area contributed by atoms with Crippen LogP contribution in [0.2, 0.25) is 0 Å². The summed E-state index contributed by atoms with van der Waals surface area (Å²) < 4.78 is 1.18. The van der Waals surface area contributed by atoms with Crippen molar-refractivity contribution in [3.63, 3.8) is 0 Å². The Balaban J connectivity index is 2.37. The number of rotatable bonds is 3. The summed E-state index contributed by atoms with van der Waals surface area (Å²) in [6, 6.07) is 9.09. The van der Waals surface area contributed by atoms with Crippen LogP contribution in [0.1, 0.15) is 5.56 Å². The molecule has 0 atom stereocenters. The number of aromatic nitrogens is 2. The number of primary amides is 1. The molecule has 5 heteroatoms. The van der Waals surface area contributed by atoms with E-state index in [0.29, 0.717) is 5.69 Å². The van der Waals surface area contributed by atoms with E-state index in [-0.39, 0.29) is 12.1 Å². The number of carbonyl (C=O) groups is 1. The SMILES string of the molecule is Cc1ccc(-c2cc(=O)n(CC(N)=O)cn2)cc1. The van der Waals surface area contributed by atoms with Crippen molar-refractivity contribution in [2.45, 2.75) is 13.5 Å². The van der Waals surface area contributed by atoms with Crippen LogP contribution in [-0.4, -0.2) is 15.5 Å². The van der Waals surface area contributed by atoms with Gasteiger partial charge in [-0.15, -0.1) is 0 Å². The molecule has 1 aromatic heterocycles. The Labute approximate surface area is 104 Å². The van der Waals surface area contributed by atoms with Crippen molar-refractivity contribution >= 4 is 5.91 Å². The molecule has 0 spiro atoms. The van der Waals surface area contributed by atoms with Crippen molar-refractivity contribution in [1.29, 1.82) is 0 Å². The molecule has 5 nitrogen and oxygen atoms in total. The molecule has 0 aliphatic carbocycles. The maximum absolute atomic E-state index is 11.7. The topological polar surface area (TPSA) is 78.0 Å². The number of carbonyl (C=O) groups excluding carboxylic acids is 1. The Kier molecular flexibility index (Phi) is 3.23. The molecule has 0 unspecified atom stereocenters. The highest BCUT2D eigenvalue weighted by Gasteiger charge is 2.04. The molecule has 0 aliphatic heterocycles. The number of amides is 1. The summed E-state index contributed by atoms with van der Waals surface area (Å²) in [5.41, 5.74) is 7.33. The zero-order valence-electron chi connectivity index (χ0n) is 9.96. The molecule has 0 radical (unpaired) electrons. The summed E-state index contributed by atoms with van der Waals surface area (Å²) >= 11 is 0. The van der Waals surface area contributed by atoms with Gasteiger partial charge in [0.2, 0.25) is 5.91 Å². The summed E-state index contributed by atoms with van der Waals surface area (Å²) in [6.07, 6.45) is 1.34. The lowest BCUT2D eigenvalue weighted by Crippen LogP contribution is -2.27. The fourth-order valence-corrected chi connectivity index (χ4v) is 1.59. The van der Waals surface area contributed by atoms with Gasteiger partial charge in [-0.2, -0.15) is 0 Å². The molecule has 0 fully saturated rings. The van der Waals surface area contributed by atoms with Crippen LogP contribution in [0.15, 0.2) is 41.5 Å². The summed E-state index contributed by atoms with van der Waals surface area (Å²) in [6.45, 7) is 1.84. The first kappa shape index (κ1) is 12.0. The number of nitrogens with two attached hydrogens (primary N) is 1. The standard InChI is InChI=1S/C13H13N3O2/c1-9-2-4-10(5-3-9)11-6-13(18)16(8-15-11)7-12(14)17/h2-6,8H,7H2,1H3,(H2,14,17). The van der Waals surface area contributed by atoms with Gasteiger partial charge in [-0.3, -0.25) is 14.2 Å². The second-order valence-corrected chi connectivity index (χ2v) is 4.07. The maximum Gasteiger partial charge on any atom is 0.254 e. The monoisotopic (exact) mass is 243 g/mol. The first-order valence-electron chi connectivity index (χ1n) is 5.48. The van der Waals surface area contributed by atoms with Gasteiger partial charge in [-0.1, -0.05) is 29.8 Å². The fraction of sp³-hybridized carbons (Fsp3) is 0.154. The molecule has 0 bridgehead atoms. The van der Waals surface area contributed by atoms with E-state index < -0.39 is 5.91 Å². The first-order chi connectivity index (χ1) is 8.56. The smallest absolute Gasteiger partial charge is 0.254 e. The number of benzene rings is 1. The van der Waals surface area contributed by atoms with E-state index in [1.807, 2.05) is 31.2 Å². The van der Waals surface area contributed by atoms with Crippen LogP contribution < -0.4 is 11.3 Å². The Hall–Kier alpha value is -2.43. The van der Waals surface area contributed by atoms with Crippen LogP contribution in [0.5, 0.6) is 0 Å². The van der Waals surface area contributed by atoms with Gasteiger partial charge in [0.25, 0.3) is 5.56 Å². The van der Waals surface area contributed by atoms with E-state index in [1.54, 1.807) is 0 Å². The normalized spacial score (nSPS) is 10.3. The Morgan fingerprint density at radius 2 is 2.00 bits per heavy atom. The van der Waals surface area contributed by atoms with E-state index in [0.717, 1.165) is 11.1 Å². The Morgan fingerprint density at radius 3 is 2.56 bits per heavy atom. The lowest BCUT2D eigenvalue weighted by atomic mass is 10.1. The molecule has 1 aromatic carbocycles. The van der Waals surface area contributed by atoms with E-state index >= 15 is 0 Å². The molecule has 0 saturated heterocycles. The third kappa shape index (κ3) is 2.63. The average molecular weight is 243 g/mol. The molecule has 18 heavy (non-hydrogen) atoms. The van der Waals surface area contributed by atoms with Crippen LogP contribution in [-0.2, 0) is 11.3 Å². The number of hydrogen-bond donors (Lipinski definition) is 1. The van der Waals surface area contributed by atoms with Crippen molar-refractivity contribution in [2.24, 2.45) is 5.73 Å². The van der Waals surface area contributed by atoms with Crippen LogP contribution in [0.4, 0.5) is 0 Å². The fourth-order valence-electron chi connectivity index (χ4n) is 1.59. The van der Waals surface area contributed by atoms with Crippen molar-refractivity contribution in [3.05, 3.63) is 52.6 Å². The van der Waals surface area contributed by atoms with Crippen LogP contribution in [0.3, 0.4) is 0 Å². The van der Waals surface area contributed by atoms with Gasteiger partial charge in [-0.05, 0) is 6.92 Å². The lowest BCUT2D eigenvalue weighted by molar-refractivity contribution is -0.118. The minimum Gasteiger partial charge on any atom is -0.368 e. The quantitative estimate of drug-likeness (QED) is 0.862. The van der Waals surface area contributed by atoms with Crippen molar-refractivity contribution in [2.75, 3.05) is 0 Å². The zero-order valence-corrected chi connectivity index (χ0v) is 9.96. The molecule has 0 aliphatic rings. The molecule has 1 heterocycles. The Bertz CT molecular complexity index is 629. The molecule has 1 amide bonds. The summed E-state index contributed by atoms with van der Waals surface area (Å²) in [5, 5.41) is 0. The molecule has 2 rings (SSSR count). The second-order valence-electron chi connectivity index (χ2n) is 4.07. The van der Waals surface area contributed by atoms with Crippen LogP contribution in [0.25, 0.3) is 11.3 Å². The van der Waals surface area contributed by atoms with Gasteiger partial charge in [0.05, 0.1) is 12.0 Å². The number of nitrogens with zero attached hydrogens (tertiary/aromatic N) is 2. The van der Waals surface area contributed by atoms with Crippen molar-refractivity contribution in [1.82, 2.24) is 9.55 Å². The van der Waals surface area contributed by atoms with Gasteiger partial charge in [0.15, 0.2) is 0 Å². The van der Waals surface area contributed by atoms with Gasteiger partial charge in [0, 0.05) is 11.6 Å². The van der Waals surface area contributed by atoms with Gasteiger partial charge in [0.1, 0.15) is 6.54 Å². The molecule has 0 saturated carbocycles. The summed E-state index contributed by atoms with van der Waals surface area (Å²) in [5.74, 6) is -0.568. The Morgan fingerprint density at radius 1 is 1.33 bits per heavy atom. The highest BCUT2D eigenvalue weighted by molar-refractivity contribution is 5.73. The van der Waals surface area contributed by atoms with Crippen molar-refractivity contribution in [3.8, 4) is 11.3 Å². The van der Waals surface area contributed by atoms with Crippen molar-refractivity contribution < 1.29 is 4.79 Å². The summed E-state index contributed by atoms with van der Waals surface area (Å²) in [4.78, 5) is 26.6.